The van der Waals surface area contributed by atoms with E-state index in [0.717, 1.165) is 95.5 Å². The van der Waals surface area contributed by atoms with Crippen LogP contribution in [-0.4, -0.2) is 59.3 Å². The van der Waals surface area contributed by atoms with Gasteiger partial charge in [0.1, 0.15) is 6.04 Å². The molecule has 0 bridgehead atoms. The first-order valence-corrected chi connectivity index (χ1v) is 29.1. The average molecular weight is 1030 g/mol. The zero-order valence-electron chi connectivity index (χ0n) is 47.1. The second kappa shape index (κ2) is 50.8. The molecule has 8 heteroatoms. The number of aliphatic hydroxyl groups excluding tert-OH is 2. The predicted octanol–water partition coefficient (Wildman–Crippen LogP) is 15.5. The minimum Gasteiger partial charge on any atom is -0.394 e. The molecule has 416 valence electrons. The molecule has 1 aromatic rings. The molecule has 0 aliphatic heterocycles. The molecule has 1 atom stereocenters. The zero-order valence-corrected chi connectivity index (χ0v) is 47.1. The van der Waals surface area contributed by atoms with Gasteiger partial charge >= 0.3 is 0 Å². The SMILES string of the molecule is CCC=CCC=CCC=CCC=CCC=CCC=CCCC(=O)NC(CCCCNC(=O)CCCC=CCC=CCC=CCC=CCC=CCC)C(=O)NC(CO)(CO)CCc1ccc(CCCCCCCC)cc1. The Morgan fingerprint density at radius 3 is 1.36 bits per heavy atom. The summed E-state index contributed by atoms with van der Waals surface area (Å²) in [4.78, 5) is 39.8. The standard InChI is InChI=1S/C67H103N3O5/c1-4-7-10-13-16-18-20-22-24-26-27-29-31-33-35-37-39-42-45-51-65(74)69-63(66(75)70-67(59-71,60-72)57-56-62-54-52-61(53-55-62)48-43-40-15-12-9-6-3)49-46-47-58-68-64(73)50-44-41-38-36-34-32-30-28-25-23-21-19-17-14-11-8-5-2/h7-8,10-11,16-19,22-25,27,29-30,32-33,35-36,38-39,42,52-55,63,71-72H,4-6,9,12-15,20-21,26,28,31,34,37,40-41,43-51,56-60H2,1-3H3,(H,68,73)(H,69,74)(H,70,75). The van der Waals surface area contributed by atoms with E-state index in [2.05, 4.69) is 183 Å². The fourth-order valence-corrected chi connectivity index (χ4v) is 7.99. The molecule has 0 spiro atoms. The van der Waals surface area contributed by atoms with Crippen molar-refractivity contribution in [3.8, 4) is 0 Å². The molecule has 0 aromatic heterocycles. The topological polar surface area (TPSA) is 128 Å². The van der Waals surface area contributed by atoms with Crippen molar-refractivity contribution < 1.29 is 24.6 Å². The lowest BCUT2D eigenvalue weighted by molar-refractivity contribution is -0.131. The Labute approximate surface area is 457 Å². The first-order chi connectivity index (χ1) is 36.8. The summed E-state index contributed by atoms with van der Waals surface area (Å²) in [6, 6.07) is 7.64. The van der Waals surface area contributed by atoms with Gasteiger partial charge in [-0.15, -0.1) is 0 Å². The first-order valence-electron chi connectivity index (χ1n) is 29.1. The van der Waals surface area contributed by atoms with Gasteiger partial charge in [-0.1, -0.05) is 211 Å². The Kier molecular flexibility index (Phi) is 45.9. The molecule has 1 unspecified atom stereocenters. The number of hydrogen-bond donors (Lipinski definition) is 5. The highest BCUT2D eigenvalue weighted by molar-refractivity contribution is 5.88. The summed E-state index contributed by atoms with van der Waals surface area (Å²) in [6.45, 7) is 6.11. The highest BCUT2D eigenvalue weighted by Crippen LogP contribution is 2.18. The number of nitrogens with one attached hydrogen (secondary N) is 3. The molecule has 75 heavy (non-hydrogen) atoms. The van der Waals surface area contributed by atoms with Gasteiger partial charge in [-0.2, -0.15) is 0 Å². The molecule has 3 amide bonds. The van der Waals surface area contributed by atoms with E-state index in [4.69, 9.17) is 0 Å². The van der Waals surface area contributed by atoms with Gasteiger partial charge in [0, 0.05) is 19.4 Å². The highest BCUT2D eigenvalue weighted by atomic mass is 16.3. The number of carbonyl (C=O) groups is 3. The second-order valence-corrected chi connectivity index (χ2v) is 19.4. The summed E-state index contributed by atoms with van der Waals surface area (Å²) in [7, 11) is 0. The van der Waals surface area contributed by atoms with Crippen LogP contribution in [0.4, 0.5) is 0 Å². The van der Waals surface area contributed by atoms with E-state index in [-0.39, 0.29) is 18.2 Å². The van der Waals surface area contributed by atoms with Crippen LogP contribution in [0.5, 0.6) is 0 Å². The van der Waals surface area contributed by atoms with Crippen molar-refractivity contribution >= 4 is 17.7 Å². The van der Waals surface area contributed by atoms with Crippen molar-refractivity contribution in [2.75, 3.05) is 19.8 Å². The van der Waals surface area contributed by atoms with Gasteiger partial charge in [0.2, 0.25) is 17.7 Å². The van der Waals surface area contributed by atoms with Crippen LogP contribution in [0.3, 0.4) is 0 Å². The monoisotopic (exact) mass is 1030 g/mol. The predicted molar refractivity (Wildman–Crippen MR) is 321 cm³/mol. The maximum atomic E-state index is 13.9. The lowest BCUT2D eigenvalue weighted by atomic mass is 9.91. The van der Waals surface area contributed by atoms with Crippen LogP contribution in [0, 0.1) is 0 Å². The molecule has 0 radical (unpaired) electrons. The smallest absolute Gasteiger partial charge is 0.243 e. The highest BCUT2D eigenvalue weighted by Gasteiger charge is 2.33. The summed E-state index contributed by atoms with van der Waals surface area (Å²) in [5, 5.41) is 30.0. The number of rotatable bonds is 47. The van der Waals surface area contributed by atoms with Gasteiger partial charge in [-0.3, -0.25) is 14.4 Å². The molecule has 0 aliphatic carbocycles. The molecular formula is C67H103N3O5. The molecule has 0 saturated carbocycles. The van der Waals surface area contributed by atoms with E-state index < -0.39 is 30.7 Å². The fourth-order valence-electron chi connectivity index (χ4n) is 7.99. The Hall–Kier alpha value is -5.31. The maximum absolute atomic E-state index is 13.9. The zero-order chi connectivity index (χ0) is 54.4. The van der Waals surface area contributed by atoms with E-state index in [1.807, 2.05) is 12.2 Å². The molecule has 1 rings (SSSR count). The normalized spacial score (nSPS) is 13.2. The van der Waals surface area contributed by atoms with Crippen LogP contribution in [0.25, 0.3) is 0 Å². The number of benzene rings is 1. The molecular weight excluding hydrogens is 927 g/mol. The lowest BCUT2D eigenvalue weighted by Crippen LogP contribution is -2.59. The minimum atomic E-state index is -1.26. The number of carbonyl (C=O) groups excluding carboxylic acids is 3. The second-order valence-electron chi connectivity index (χ2n) is 19.4. The van der Waals surface area contributed by atoms with Gasteiger partial charge in [0.15, 0.2) is 0 Å². The summed E-state index contributed by atoms with van der Waals surface area (Å²) in [6.07, 6.45) is 71.9. The summed E-state index contributed by atoms with van der Waals surface area (Å²) in [5.41, 5.74) is 1.11. The number of aliphatic hydroxyl groups is 2. The van der Waals surface area contributed by atoms with Crippen LogP contribution in [-0.2, 0) is 27.2 Å². The molecule has 5 N–H and O–H groups in total. The molecule has 0 heterocycles. The van der Waals surface area contributed by atoms with Crippen LogP contribution >= 0.6 is 0 Å². The van der Waals surface area contributed by atoms with Gasteiger partial charge in [-0.25, -0.2) is 0 Å². The van der Waals surface area contributed by atoms with Crippen LogP contribution in [0.1, 0.15) is 199 Å². The number of allylic oxidation sites excluding steroid dienone is 22. The van der Waals surface area contributed by atoms with Crippen LogP contribution in [0.2, 0.25) is 0 Å². The Morgan fingerprint density at radius 2 is 0.893 bits per heavy atom. The quantitative estimate of drug-likeness (QED) is 0.0328. The largest absolute Gasteiger partial charge is 0.394 e. The number of amides is 3. The number of aryl methyl sites for hydroxylation is 2. The van der Waals surface area contributed by atoms with Gasteiger partial charge in [-0.05, 0) is 146 Å². The summed E-state index contributed by atoms with van der Waals surface area (Å²) >= 11 is 0. The molecule has 1 aromatic carbocycles. The molecule has 0 aliphatic rings. The van der Waals surface area contributed by atoms with Crippen LogP contribution in [0.15, 0.2) is 158 Å². The van der Waals surface area contributed by atoms with E-state index >= 15 is 0 Å². The van der Waals surface area contributed by atoms with Crippen LogP contribution < -0.4 is 16.0 Å². The lowest BCUT2D eigenvalue weighted by Gasteiger charge is -2.33. The van der Waals surface area contributed by atoms with Crippen molar-refractivity contribution in [2.24, 2.45) is 0 Å². The third-order valence-electron chi connectivity index (χ3n) is 12.7. The average Bonchev–Trinajstić information content (AvgIpc) is 3.42. The van der Waals surface area contributed by atoms with Gasteiger partial charge in [0.05, 0.1) is 18.8 Å². The number of unbranched alkanes of at least 4 members (excludes halogenated alkanes) is 7. The Balaban J connectivity index is 2.66. The van der Waals surface area contributed by atoms with Crippen molar-refractivity contribution in [1.82, 2.24) is 16.0 Å². The van der Waals surface area contributed by atoms with Gasteiger partial charge in [0.25, 0.3) is 0 Å². The van der Waals surface area contributed by atoms with E-state index in [1.165, 1.54) is 44.1 Å². The third-order valence-corrected chi connectivity index (χ3v) is 12.7. The Bertz CT molecular complexity index is 1910. The van der Waals surface area contributed by atoms with E-state index in [0.29, 0.717) is 51.5 Å². The summed E-state index contributed by atoms with van der Waals surface area (Å²) < 4.78 is 0. The van der Waals surface area contributed by atoms with E-state index in [9.17, 15) is 24.6 Å². The van der Waals surface area contributed by atoms with Gasteiger partial charge < -0.3 is 26.2 Å². The summed E-state index contributed by atoms with van der Waals surface area (Å²) in [5.74, 6) is -0.675. The van der Waals surface area contributed by atoms with Crippen molar-refractivity contribution in [1.29, 1.82) is 0 Å². The van der Waals surface area contributed by atoms with Crippen molar-refractivity contribution in [3.63, 3.8) is 0 Å². The number of hydrogen-bond acceptors (Lipinski definition) is 5. The molecule has 0 saturated heterocycles. The van der Waals surface area contributed by atoms with Crippen molar-refractivity contribution in [2.45, 2.75) is 212 Å². The first kappa shape index (κ1) is 67.7. The molecule has 0 fully saturated rings. The van der Waals surface area contributed by atoms with E-state index in [1.54, 1.807) is 0 Å². The van der Waals surface area contributed by atoms with Crippen molar-refractivity contribution in [3.05, 3.63) is 169 Å². The Morgan fingerprint density at radius 1 is 0.467 bits per heavy atom. The maximum Gasteiger partial charge on any atom is 0.243 e. The minimum absolute atomic E-state index is 0.00228. The third kappa shape index (κ3) is 41.6. The molecule has 8 nitrogen and oxygen atoms in total. The fraction of sp³-hybridized carbons (Fsp3) is 0.537.